The molecule has 3 rings (SSSR count). The average molecular weight is 254 g/mol. The summed E-state index contributed by atoms with van der Waals surface area (Å²) in [5.74, 6) is 6.11. The zero-order chi connectivity index (χ0) is 13.1. The summed E-state index contributed by atoms with van der Waals surface area (Å²) in [6.45, 7) is 0. The van der Waals surface area contributed by atoms with Crippen LogP contribution in [0.5, 0.6) is 0 Å². The second-order valence-electron chi connectivity index (χ2n) is 4.98. The molecule has 0 amide bonds. The van der Waals surface area contributed by atoms with Gasteiger partial charge in [0, 0.05) is 30.2 Å². The number of nitrogens with two attached hydrogens (primary N) is 1. The Morgan fingerprint density at radius 3 is 2.95 bits per heavy atom. The highest BCUT2D eigenvalue weighted by Gasteiger charge is 2.29. The zero-order valence-electron chi connectivity index (χ0n) is 10.8. The van der Waals surface area contributed by atoms with Crippen molar-refractivity contribution >= 4 is 0 Å². The Morgan fingerprint density at radius 1 is 1.26 bits per heavy atom. The van der Waals surface area contributed by atoms with E-state index in [0.717, 1.165) is 18.4 Å². The van der Waals surface area contributed by atoms with Crippen molar-refractivity contribution in [2.75, 3.05) is 0 Å². The molecule has 3 N–H and O–H groups in total. The van der Waals surface area contributed by atoms with E-state index in [1.54, 1.807) is 6.20 Å². The summed E-state index contributed by atoms with van der Waals surface area (Å²) in [6.07, 6.45) is 8.93. The third kappa shape index (κ3) is 2.37. The molecule has 0 saturated carbocycles. The fourth-order valence-corrected chi connectivity index (χ4v) is 2.97. The Bertz CT molecular complexity index is 541. The minimum atomic E-state index is 0.0719. The van der Waals surface area contributed by atoms with E-state index in [4.69, 9.17) is 5.84 Å². The maximum absolute atomic E-state index is 5.79. The molecule has 2 aromatic heterocycles. The first-order chi connectivity index (χ1) is 9.40. The number of hydrazine groups is 1. The van der Waals surface area contributed by atoms with Gasteiger partial charge in [0.2, 0.25) is 0 Å². The van der Waals surface area contributed by atoms with Gasteiger partial charge in [-0.1, -0.05) is 12.1 Å². The fourth-order valence-electron chi connectivity index (χ4n) is 2.97. The lowest BCUT2D eigenvalue weighted by Crippen LogP contribution is -2.34. The molecule has 2 unspecified atom stereocenters. The predicted octanol–water partition coefficient (Wildman–Crippen LogP) is 2.10. The van der Waals surface area contributed by atoms with Crippen molar-refractivity contribution in [3.8, 4) is 0 Å². The summed E-state index contributed by atoms with van der Waals surface area (Å²) in [5.41, 5.74) is 6.60. The number of nitrogens with one attached hydrogen (secondary N) is 1. The Morgan fingerprint density at radius 2 is 2.16 bits per heavy atom. The molecule has 1 aliphatic carbocycles. The molecule has 0 aliphatic heterocycles. The summed E-state index contributed by atoms with van der Waals surface area (Å²) < 4.78 is 0. The van der Waals surface area contributed by atoms with Gasteiger partial charge in [-0.15, -0.1) is 0 Å². The van der Waals surface area contributed by atoms with E-state index in [1.807, 2.05) is 24.5 Å². The van der Waals surface area contributed by atoms with Crippen LogP contribution in [0.4, 0.5) is 0 Å². The van der Waals surface area contributed by atoms with Gasteiger partial charge in [-0.3, -0.25) is 21.2 Å². The van der Waals surface area contributed by atoms with E-state index in [0.29, 0.717) is 5.92 Å². The van der Waals surface area contributed by atoms with Crippen LogP contribution in [0.25, 0.3) is 0 Å². The molecule has 2 heterocycles. The monoisotopic (exact) mass is 254 g/mol. The van der Waals surface area contributed by atoms with Gasteiger partial charge < -0.3 is 0 Å². The summed E-state index contributed by atoms with van der Waals surface area (Å²) in [6, 6.07) is 8.26. The van der Waals surface area contributed by atoms with Crippen LogP contribution < -0.4 is 11.3 Å². The molecule has 1 aliphatic rings. The fraction of sp³-hybridized carbons (Fsp3) is 0.333. The SMILES string of the molecule is NNC(c1cccnc1)C1CCCc2cccnc21. The first-order valence-corrected chi connectivity index (χ1v) is 6.70. The second kappa shape index (κ2) is 5.47. The molecule has 2 atom stereocenters. The van der Waals surface area contributed by atoms with Crippen LogP contribution >= 0.6 is 0 Å². The highest BCUT2D eigenvalue weighted by atomic mass is 15.2. The molecule has 19 heavy (non-hydrogen) atoms. The van der Waals surface area contributed by atoms with Crippen molar-refractivity contribution in [2.24, 2.45) is 5.84 Å². The lowest BCUT2D eigenvalue weighted by atomic mass is 9.80. The van der Waals surface area contributed by atoms with E-state index in [1.165, 1.54) is 17.7 Å². The Kier molecular flexibility index (Phi) is 3.53. The molecule has 0 bridgehead atoms. The Hall–Kier alpha value is -1.78. The van der Waals surface area contributed by atoms with Crippen molar-refractivity contribution < 1.29 is 0 Å². The minimum absolute atomic E-state index is 0.0719. The highest BCUT2D eigenvalue weighted by molar-refractivity contribution is 5.30. The van der Waals surface area contributed by atoms with E-state index < -0.39 is 0 Å². The molecule has 4 nitrogen and oxygen atoms in total. The summed E-state index contributed by atoms with van der Waals surface area (Å²) >= 11 is 0. The standard InChI is InChI=1S/C15H18N4/c16-19-15(12-6-2-8-17-10-12)13-7-1-4-11-5-3-9-18-14(11)13/h2-3,5-6,8-10,13,15,19H,1,4,7,16H2. The number of aryl methyl sites for hydroxylation is 1. The maximum atomic E-state index is 5.79. The lowest BCUT2D eigenvalue weighted by molar-refractivity contribution is 0.399. The van der Waals surface area contributed by atoms with Crippen molar-refractivity contribution in [2.45, 2.75) is 31.2 Å². The van der Waals surface area contributed by atoms with Crippen LogP contribution in [0.3, 0.4) is 0 Å². The van der Waals surface area contributed by atoms with Gasteiger partial charge in [0.15, 0.2) is 0 Å². The first-order valence-electron chi connectivity index (χ1n) is 6.70. The van der Waals surface area contributed by atoms with Crippen LogP contribution in [0.1, 0.15) is 41.6 Å². The molecule has 0 aromatic carbocycles. The Balaban J connectivity index is 1.97. The van der Waals surface area contributed by atoms with Crippen molar-refractivity contribution in [3.63, 3.8) is 0 Å². The van der Waals surface area contributed by atoms with Gasteiger partial charge in [-0.05, 0) is 42.5 Å². The van der Waals surface area contributed by atoms with E-state index in [2.05, 4.69) is 27.5 Å². The molecule has 4 heteroatoms. The largest absolute Gasteiger partial charge is 0.271 e. The van der Waals surface area contributed by atoms with Gasteiger partial charge in [0.25, 0.3) is 0 Å². The smallest absolute Gasteiger partial charge is 0.0558 e. The highest BCUT2D eigenvalue weighted by Crippen LogP contribution is 2.38. The molecule has 0 fully saturated rings. The first kappa shape index (κ1) is 12.3. The van der Waals surface area contributed by atoms with Crippen LogP contribution in [0, 0.1) is 0 Å². The van der Waals surface area contributed by atoms with E-state index in [9.17, 15) is 0 Å². The van der Waals surface area contributed by atoms with Gasteiger partial charge in [0.1, 0.15) is 0 Å². The normalized spacial score (nSPS) is 19.7. The number of fused-ring (bicyclic) bond motifs is 1. The molecular weight excluding hydrogens is 236 g/mol. The van der Waals surface area contributed by atoms with Gasteiger partial charge in [-0.25, -0.2) is 0 Å². The van der Waals surface area contributed by atoms with Gasteiger partial charge >= 0.3 is 0 Å². The van der Waals surface area contributed by atoms with Crippen molar-refractivity contribution in [1.29, 1.82) is 0 Å². The molecular formula is C15H18N4. The summed E-state index contributed by atoms with van der Waals surface area (Å²) in [7, 11) is 0. The number of hydrogen-bond acceptors (Lipinski definition) is 4. The van der Waals surface area contributed by atoms with Crippen molar-refractivity contribution in [1.82, 2.24) is 15.4 Å². The molecule has 2 aromatic rings. The Labute approximate surface area is 113 Å². The van der Waals surface area contributed by atoms with Crippen LogP contribution in [0.2, 0.25) is 0 Å². The van der Waals surface area contributed by atoms with Gasteiger partial charge in [0.05, 0.1) is 6.04 Å². The third-order valence-corrected chi connectivity index (χ3v) is 3.86. The maximum Gasteiger partial charge on any atom is 0.0558 e. The van der Waals surface area contributed by atoms with Crippen LogP contribution in [-0.2, 0) is 6.42 Å². The summed E-state index contributed by atoms with van der Waals surface area (Å²) in [4.78, 5) is 8.77. The van der Waals surface area contributed by atoms with E-state index in [-0.39, 0.29) is 6.04 Å². The van der Waals surface area contributed by atoms with Crippen LogP contribution in [0.15, 0.2) is 42.9 Å². The number of nitrogens with zero attached hydrogens (tertiary/aromatic N) is 2. The molecule has 0 saturated heterocycles. The third-order valence-electron chi connectivity index (χ3n) is 3.86. The van der Waals surface area contributed by atoms with Gasteiger partial charge in [-0.2, -0.15) is 0 Å². The molecule has 0 radical (unpaired) electrons. The minimum Gasteiger partial charge on any atom is -0.271 e. The van der Waals surface area contributed by atoms with Crippen LogP contribution in [-0.4, -0.2) is 9.97 Å². The molecule has 0 spiro atoms. The average Bonchev–Trinajstić information content (AvgIpc) is 2.49. The van der Waals surface area contributed by atoms with E-state index >= 15 is 0 Å². The number of pyridine rings is 2. The summed E-state index contributed by atoms with van der Waals surface area (Å²) in [5, 5.41) is 0. The quantitative estimate of drug-likeness (QED) is 0.650. The topological polar surface area (TPSA) is 63.8 Å². The molecule has 98 valence electrons. The zero-order valence-corrected chi connectivity index (χ0v) is 10.8. The number of aromatic nitrogens is 2. The predicted molar refractivity (Wildman–Crippen MR) is 74.2 cm³/mol. The van der Waals surface area contributed by atoms with Crippen molar-refractivity contribution in [3.05, 3.63) is 59.7 Å². The second-order valence-corrected chi connectivity index (χ2v) is 4.98. The number of rotatable bonds is 3. The lowest BCUT2D eigenvalue weighted by Gasteiger charge is -2.31. The number of hydrogen-bond donors (Lipinski definition) is 2.